The monoisotopic (exact) mass is 313 g/mol. The number of para-hydroxylation sites is 1. The predicted molar refractivity (Wildman–Crippen MR) is 96.5 cm³/mol. The van der Waals surface area contributed by atoms with E-state index >= 15 is 0 Å². The number of aromatic hydroxyl groups is 1. The Hall–Kier alpha value is -3.40. The molecule has 0 spiro atoms. The average molecular weight is 313 g/mol. The summed E-state index contributed by atoms with van der Waals surface area (Å²) >= 11 is 0. The number of benzene rings is 3. The van der Waals surface area contributed by atoms with Gasteiger partial charge in [-0.1, -0.05) is 36.4 Å². The molecule has 3 aromatic carbocycles. The van der Waals surface area contributed by atoms with E-state index in [9.17, 15) is 5.11 Å². The number of nitrogens with zero attached hydrogens (tertiary/aromatic N) is 2. The van der Waals surface area contributed by atoms with E-state index in [0.717, 1.165) is 28.0 Å². The van der Waals surface area contributed by atoms with Crippen molar-refractivity contribution >= 4 is 16.7 Å². The second-order valence-corrected chi connectivity index (χ2v) is 5.55. The van der Waals surface area contributed by atoms with Gasteiger partial charge in [0.05, 0.1) is 22.6 Å². The number of aromatic nitrogens is 2. The highest BCUT2D eigenvalue weighted by molar-refractivity contribution is 5.92. The Morgan fingerprint density at radius 1 is 0.667 bits per heavy atom. The lowest BCUT2D eigenvalue weighted by Crippen LogP contribution is -1.98. The summed E-state index contributed by atoms with van der Waals surface area (Å²) in [6, 6.07) is 22.5. The van der Waals surface area contributed by atoms with E-state index in [4.69, 9.17) is 15.7 Å². The first-order valence-corrected chi connectivity index (χ1v) is 7.63. The maximum atomic E-state index is 9.55. The summed E-state index contributed by atoms with van der Waals surface area (Å²) in [7, 11) is 0. The van der Waals surface area contributed by atoms with E-state index in [0.29, 0.717) is 11.2 Å². The van der Waals surface area contributed by atoms with Gasteiger partial charge in [0.1, 0.15) is 11.3 Å². The number of nitrogen functional groups attached to an aromatic ring is 1. The lowest BCUT2D eigenvalue weighted by atomic mass is 10.0. The molecule has 0 aliphatic rings. The number of nitrogens with two attached hydrogens (primary N) is 1. The standard InChI is InChI=1S/C20H15N3O/c21-16-7-4-8-17-20(16)23-19(13-5-2-1-3-6-13)18(22-17)14-9-11-15(24)12-10-14/h1-12,24H,21H2. The largest absolute Gasteiger partial charge is 0.508 e. The van der Waals surface area contributed by atoms with Crippen LogP contribution in [-0.4, -0.2) is 15.1 Å². The molecular weight excluding hydrogens is 298 g/mol. The lowest BCUT2D eigenvalue weighted by molar-refractivity contribution is 0.475. The smallest absolute Gasteiger partial charge is 0.115 e. The fourth-order valence-electron chi connectivity index (χ4n) is 2.72. The Kier molecular flexibility index (Phi) is 3.35. The van der Waals surface area contributed by atoms with Crippen LogP contribution in [0.2, 0.25) is 0 Å². The van der Waals surface area contributed by atoms with Crippen LogP contribution < -0.4 is 5.73 Å². The molecule has 0 unspecified atom stereocenters. The Labute approximate surface area is 139 Å². The number of phenolic OH excluding ortho intramolecular Hbond substituents is 1. The summed E-state index contributed by atoms with van der Waals surface area (Å²) < 4.78 is 0. The van der Waals surface area contributed by atoms with Gasteiger partial charge in [-0.05, 0) is 36.4 Å². The number of fused-ring (bicyclic) bond motifs is 1. The first kappa shape index (κ1) is 14.2. The lowest BCUT2D eigenvalue weighted by Gasteiger charge is -2.11. The van der Waals surface area contributed by atoms with Crippen molar-refractivity contribution in [1.82, 2.24) is 9.97 Å². The van der Waals surface area contributed by atoms with Gasteiger partial charge in [-0.2, -0.15) is 0 Å². The van der Waals surface area contributed by atoms with Gasteiger partial charge in [-0.15, -0.1) is 0 Å². The highest BCUT2D eigenvalue weighted by atomic mass is 16.3. The van der Waals surface area contributed by atoms with Crippen LogP contribution in [0, 0.1) is 0 Å². The quantitative estimate of drug-likeness (QED) is 0.543. The van der Waals surface area contributed by atoms with Crippen LogP contribution in [0.3, 0.4) is 0 Å². The molecule has 0 aliphatic heterocycles. The van der Waals surface area contributed by atoms with Crippen LogP contribution in [0.4, 0.5) is 5.69 Å². The van der Waals surface area contributed by atoms with E-state index in [2.05, 4.69) is 0 Å². The second-order valence-electron chi connectivity index (χ2n) is 5.55. The number of hydrogen-bond acceptors (Lipinski definition) is 4. The second kappa shape index (κ2) is 5.66. The fraction of sp³-hybridized carbons (Fsp3) is 0. The molecule has 0 bridgehead atoms. The Balaban J connectivity index is 2.04. The molecule has 0 fully saturated rings. The average Bonchev–Trinajstić information content (AvgIpc) is 2.62. The normalized spacial score (nSPS) is 10.8. The Morgan fingerprint density at radius 2 is 1.33 bits per heavy atom. The highest BCUT2D eigenvalue weighted by Crippen LogP contribution is 2.32. The minimum Gasteiger partial charge on any atom is -0.508 e. The zero-order chi connectivity index (χ0) is 16.5. The zero-order valence-corrected chi connectivity index (χ0v) is 12.8. The van der Waals surface area contributed by atoms with Gasteiger partial charge in [0, 0.05) is 11.1 Å². The minimum atomic E-state index is 0.220. The number of rotatable bonds is 2. The third kappa shape index (κ3) is 2.44. The number of hydrogen-bond donors (Lipinski definition) is 2. The Morgan fingerprint density at radius 3 is 2.08 bits per heavy atom. The predicted octanol–water partition coefficient (Wildman–Crippen LogP) is 4.25. The molecule has 0 atom stereocenters. The molecule has 0 radical (unpaired) electrons. The van der Waals surface area contributed by atoms with Crippen molar-refractivity contribution in [3.8, 4) is 28.3 Å². The highest BCUT2D eigenvalue weighted by Gasteiger charge is 2.14. The molecule has 4 heteroatoms. The van der Waals surface area contributed by atoms with Crippen molar-refractivity contribution in [1.29, 1.82) is 0 Å². The molecule has 1 aromatic heterocycles. The van der Waals surface area contributed by atoms with Gasteiger partial charge >= 0.3 is 0 Å². The van der Waals surface area contributed by atoms with Crippen LogP contribution in [0.5, 0.6) is 5.75 Å². The van der Waals surface area contributed by atoms with Crippen LogP contribution in [0.25, 0.3) is 33.5 Å². The summed E-state index contributed by atoms with van der Waals surface area (Å²) in [6.45, 7) is 0. The van der Waals surface area contributed by atoms with Crippen LogP contribution >= 0.6 is 0 Å². The summed E-state index contributed by atoms with van der Waals surface area (Å²) in [5.74, 6) is 0.220. The third-order valence-corrected chi connectivity index (χ3v) is 3.91. The van der Waals surface area contributed by atoms with Crippen molar-refractivity contribution in [3.05, 3.63) is 72.8 Å². The SMILES string of the molecule is Nc1cccc2nc(-c3ccc(O)cc3)c(-c3ccccc3)nc12. The van der Waals surface area contributed by atoms with E-state index in [1.165, 1.54) is 0 Å². The van der Waals surface area contributed by atoms with Gasteiger partial charge in [0.25, 0.3) is 0 Å². The molecule has 116 valence electrons. The van der Waals surface area contributed by atoms with Gasteiger partial charge < -0.3 is 10.8 Å². The minimum absolute atomic E-state index is 0.220. The van der Waals surface area contributed by atoms with Crippen molar-refractivity contribution in [2.24, 2.45) is 0 Å². The maximum absolute atomic E-state index is 9.55. The van der Waals surface area contributed by atoms with E-state index in [1.54, 1.807) is 12.1 Å². The van der Waals surface area contributed by atoms with Gasteiger partial charge in [0.15, 0.2) is 0 Å². The molecule has 4 aromatic rings. The summed E-state index contributed by atoms with van der Waals surface area (Å²) in [6.07, 6.45) is 0. The summed E-state index contributed by atoms with van der Waals surface area (Å²) in [5, 5.41) is 9.55. The molecular formula is C20H15N3O. The molecule has 24 heavy (non-hydrogen) atoms. The van der Waals surface area contributed by atoms with E-state index in [1.807, 2.05) is 60.7 Å². The summed E-state index contributed by atoms with van der Waals surface area (Å²) in [5.41, 5.74) is 11.5. The first-order chi connectivity index (χ1) is 11.7. The van der Waals surface area contributed by atoms with E-state index < -0.39 is 0 Å². The third-order valence-electron chi connectivity index (χ3n) is 3.91. The van der Waals surface area contributed by atoms with Crippen LogP contribution in [-0.2, 0) is 0 Å². The Bertz CT molecular complexity index is 1010. The van der Waals surface area contributed by atoms with E-state index in [-0.39, 0.29) is 5.75 Å². The van der Waals surface area contributed by atoms with Gasteiger partial charge in [-0.3, -0.25) is 0 Å². The van der Waals surface area contributed by atoms with Gasteiger partial charge in [-0.25, -0.2) is 9.97 Å². The van der Waals surface area contributed by atoms with Crippen molar-refractivity contribution in [2.75, 3.05) is 5.73 Å². The molecule has 0 amide bonds. The van der Waals surface area contributed by atoms with Gasteiger partial charge in [0.2, 0.25) is 0 Å². The summed E-state index contributed by atoms with van der Waals surface area (Å²) in [4.78, 5) is 9.58. The molecule has 0 saturated carbocycles. The molecule has 1 heterocycles. The molecule has 4 nitrogen and oxygen atoms in total. The molecule has 3 N–H and O–H groups in total. The first-order valence-electron chi connectivity index (χ1n) is 7.63. The molecule has 0 saturated heterocycles. The molecule has 0 aliphatic carbocycles. The number of phenols is 1. The maximum Gasteiger partial charge on any atom is 0.115 e. The molecule has 4 rings (SSSR count). The van der Waals surface area contributed by atoms with Crippen molar-refractivity contribution in [2.45, 2.75) is 0 Å². The topological polar surface area (TPSA) is 72.0 Å². The zero-order valence-electron chi connectivity index (χ0n) is 12.8. The number of anilines is 1. The van der Waals surface area contributed by atoms with Crippen LogP contribution in [0.1, 0.15) is 0 Å². The fourth-order valence-corrected chi connectivity index (χ4v) is 2.72. The van der Waals surface area contributed by atoms with Crippen molar-refractivity contribution < 1.29 is 5.11 Å². The van der Waals surface area contributed by atoms with Crippen LogP contribution in [0.15, 0.2) is 72.8 Å². The van der Waals surface area contributed by atoms with Crippen molar-refractivity contribution in [3.63, 3.8) is 0 Å².